The van der Waals surface area contributed by atoms with Gasteiger partial charge in [-0.1, -0.05) is 17.7 Å². The van der Waals surface area contributed by atoms with Crippen molar-refractivity contribution in [3.05, 3.63) is 29.8 Å². The van der Waals surface area contributed by atoms with Crippen LogP contribution in [0.2, 0.25) is 0 Å². The van der Waals surface area contributed by atoms with Gasteiger partial charge in [0.25, 0.3) is 0 Å². The molecule has 3 unspecified atom stereocenters. The summed E-state index contributed by atoms with van der Waals surface area (Å²) in [5, 5.41) is 9.55. The van der Waals surface area contributed by atoms with Crippen molar-refractivity contribution in [2.75, 3.05) is 13.2 Å². The highest BCUT2D eigenvalue weighted by Crippen LogP contribution is 2.52. The molecule has 2 fully saturated rings. The second-order valence-electron chi connectivity index (χ2n) is 6.48. The smallest absolute Gasteiger partial charge is 0.326 e. The van der Waals surface area contributed by atoms with E-state index in [-0.39, 0.29) is 36.4 Å². The number of piperidine rings is 1. The van der Waals surface area contributed by atoms with E-state index in [1.807, 2.05) is 6.92 Å². The van der Waals surface area contributed by atoms with Crippen molar-refractivity contribution in [2.45, 2.75) is 37.6 Å². The number of hydrogen-bond donors (Lipinski definition) is 0. The maximum Gasteiger partial charge on any atom is 0.326 e. The first-order chi connectivity index (χ1) is 11.3. The van der Waals surface area contributed by atoms with E-state index >= 15 is 0 Å². The molecule has 1 aromatic rings. The molecule has 0 amide bonds. The number of aryl methyl sites for hydroxylation is 1. The molecule has 1 aliphatic carbocycles. The molecule has 1 aromatic carbocycles. The standard InChI is InChI=1S/C17H20N2O4S/c1-3-23-16(20)17(11-18)9-14-8-13(17)10-19(14)24(21,22)15-6-4-12(2)5-7-15/h4-7,13-14H,3,8-10H2,1-2H3. The van der Waals surface area contributed by atoms with Gasteiger partial charge in [0.15, 0.2) is 5.41 Å². The summed E-state index contributed by atoms with van der Waals surface area (Å²) in [7, 11) is -3.61. The van der Waals surface area contributed by atoms with Crippen molar-refractivity contribution in [1.82, 2.24) is 4.31 Å². The molecular weight excluding hydrogens is 328 g/mol. The molecule has 1 heterocycles. The van der Waals surface area contributed by atoms with Crippen molar-refractivity contribution in [1.29, 1.82) is 5.26 Å². The summed E-state index contributed by atoms with van der Waals surface area (Å²) in [5.74, 6) is -0.834. The van der Waals surface area contributed by atoms with Gasteiger partial charge in [0.2, 0.25) is 10.0 Å². The Kier molecular flexibility index (Phi) is 4.14. The van der Waals surface area contributed by atoms with E-state index in [0.29, 0.717) is 6.42 Å². The molecule has 1 saturated heterocycles. The molecule has 0 spiro atoms. The average molecular weight is 348 g/mol. The molecule has 24 heavy (non-hydrogen) atoms. The van der Waals surface area contributed by atoms with E-state index < -0.39 is 21.4 Å². The SMILES string of the molecule is CCOC(=O)C1(C#N)CC2CC1CN2S(=O)(=O)c1ccc(C)cc1. The number of hydrogen-bond acceptors (Lipinski definition) is 5. The van der Waals surface area contributed by atoms with Crippen molar-refractivity contribution in [3.8, 4) is 6.07 Å². The van der Waals surface area contributed by atoms with Gasteiger partial charge in [-0.2, -0.15) is 9.57 Å². The van der Waals surface area contributed by atoms with Crippen molar-refractivity contribution < 1.29 is 17.9 Å². The van der Waals surface area contributed by atoms with Gasteiger partial charge in [0.1, 0.15) is 0 Å². The number of nitriles is 1. The predicted octanol–water partition coefficient (Wildman–Crippen LogP) is 1.85. The fraction of sp³-hybridized carbons (Fsp3) is 0.529. The Morgan fingerprint density at radius 2 is 2.08 bits per heavy atom. The lowest BCUT2D eigenvalue weighted by atomic mass is 9.78. The van der Waals surface area contributed by atoms with Gasteiger partial charge in [-0.15, -0.1) is 0 Å². The number of nitrogens with zero attached hydrogens (tertiary/aromatic N) is 2. The van der Waals surface area contributed by atoms with Crippen LogP contribution in [0.4, 0.5) is 0 Å². The molecule has 0 aromatic heterocycles. The molecule has 7 heteroatoms. The highest BCUT2D eigenvalue weighted by Gasteiger charge is 2.62. The van der Waals surface area contributed by atoms with E-state index in [2.05, 4.69) is 6.07 Å². The third-order valence-electron chi connectivity index (χ3n) is 5.09. The molecule has 1 aliphatic heterocycles. The van der Waals surface area contributed by atoms with Gasteiger partial charge >= 0.3 is 5.97 Å². The molecule has 3 atom stereocenters. The number of rotatable bonds is 4. The lowest BCUT2D eigenvalue weighted by Gasteiger charge is -2.34. The van der Waals surface area contributed by atoms with Gasteiger partial charge in [0, 0.05) is 18.5 Å². The zero-order valence-electron chi connectivity index (χ0n) is 13.7. The number of carbonyl (C=O) groups excluding carboxylic acids is 1. The average Bonchev–Trinajstić information content (AvgIpc) is 3.14. The summed E-state index contributed by atoms with van der Waals surface area (Å²) in [5.41, 5.74) is -0.220. The first-order valence-corrected chi connectivity index (χ1v) is 9.46. The highest BCUT2D eigenvalue weighted by molar-refractivity contribution is 7.89. The van der Waals surface area contributed by atoms with Crippen LogP contribution in [0.25, 0.3) is 0 Å². The van der Waals surface area contributed by atoms with E-state index in [0.717, 1.165) is 5.56 Å². The monoisotopic (exact) mass is 348 g/mol. The number of ether oxygens (including phenoxy) is 1. The maximum atomic E-state index is 12.9. The number of fused-ring (bicyclic) bond motifs is 2. The molecule has 2 bridgehead atoms. The Hall–Kier alpha value is -1.91. The first kappa shape index (κ1) is 16.9. The molecule has 6 nitrogen and oxygen atoms in total. The Morgan fingerprint density at radius 3 is 2.58 bits per heavy atom. The second-order valence-corrected chi connectivity index (χ2v) is 8.37. The minimum atomic E-state index is -3.61. The Morgan fingerprint density at radius 1 is 1.42 bits per heavy atom. The number of benzene rings is 1. The molecule has 128 valence electrons. The summed E-state index contributed by atoms with van der Waals surface area (Å²) in [6.07, 6.45) is 0.732. The topological polar surface area (TPSA) is 87.5 Å². The van der Waals surface area contributed by atoms with Crippen LogP contribution >= 0.6 is 0 Å². The van der Waals surface area contributed by atoms with Crippen LogP contribution in [0, 0.1) is 29.6 Å². The van der Waals surface area contributed by atoms with Gasteiger partial charge in [-0.3, -0.25) is 4.79 Å². The molecular formula is C17H20N2O4S. The fourth-order valence-corrected chi connectivity index (χ4v) is 5.48. The molecule has 2 aliphatic rings. The summed E-state index contributed by atoms with van der Waals surface area (Å²) >= 11 is 0. The molecule has 1 saturated carbocycles. The number of sulfonamides is 1. The minimum Gasteiger partial charge on any atom is -0.465 e. The van der Waals surface area contributed by atoms with E-state index in [9.17, 15) is 18.5 Å². The van der Waals surface area contributed by atoms with Gasteiger partial charge in [0.05, 0.1) is 17.6 Å². The Bertz CT molecular complexity index is 797. The largest absolute Gasteiger partial charge is 0.465 e. The van der Waals surface area contributed by atoms with Crippen LogP contribution in [-0.4, -0.2) is 37.9 Å². The Balaban J connectivity index is 1.86. The summed E-state index contributed by atoms with van der Waals surface area (Å²) in [6, 6.07) is 8.51. The quantitative estimate of drug-likeness (QED) is 0.775. The van der Waals surface area contributed by atoms with Crippen LogP contribution in [0.1, 0.15) is 25.3 Å². The van der Waals surface area contributed by atoms with E-state index in [1.54, 1.807) is 31.2 Å². The van der Waals surface area contributed by atoms with Crippen LogP contribution in [0.5, 0.6) is 0 Å². The van der Waals surface area contributed by atoms with Crippen LogP contribution in [0.15, 0.2) is 29.2 Å². The molecule has 0 radical (unpaired) electrons. The third-order valence-corrected chi connectivity index (χ3v) is 7.02. The molecule has 0 N–H and O–H groups in total. The van der Waals surface area contributed by atoms with Crippen molar-refractivity contribution in [2.24, 2.45) is 11.3 Å². The maximum absolute atomic E-state index is 12.9. The zero-order valence-corrected chi connectivity index (χ0v) is 14.5. The van der Waals surface area contributed by atoms with Crippen LogP contribution in [0.3, 0.4) is 0 Å². The first-order valence-electron chi connectivity index (χ1n) is 8.02. The van der Waals surface area contributed by atoms with Gasteiger partial charge < -0.3 is 4.74 Å². The van der Waals surface area contributed by atoms with E-state index in [1.165, 1.54) is 4.31 Å². The van der Waals surface area contributed by atoms with Crippen LogP contribution in [-0.2, 0) is 19.6 Å². The third kappa shape index (κ3) is 2.41. The van der Waals surface area contributed by atoms with Crippen LogP contribution < -0.4 is 0 Å². The fourth-order valence-electron chi connectivity index (χ4n) is 3.80. The predicted molar refractivity (Wildman–Crippen MR) is 86.3 cm³/mol. The highest BCUT2D eigenvalue weighted by atomic mass is 32.2. The normalized spacial score (nSPS) is 29.4. The minimum absolute atomic E-state index is 0.188. The summed E-state index contributed by atoms with van der Waals surface area (Å²) in [4.78, 5) is 12.5. The lowest BCUT2D eigenvalue weighted by molar-refractivity contribution is -0.154. The lowest BCUT2D eigenvalue weighted by Crippen LogP contribution is -2.47. The van der Waals surface area contributed by atoms with Crippen molar-refractivity contribution in [3.63, 3.8) is 0 Å². The van der Waals surface area contributed by atoms with Gasteiger partial charge in [-0.25, -0.2) is 8.42 Å². The summed E-state index contributed by atoms with van der Waals surface area (Å²) in [6.45, 7) is 4.00. The van der Waals surface area contributed by atoms with Crippen molar-refractivity contribution >= 4 is 16.0 Å². The second kappa shape index (κ2) is 5.87. The number of esters is 1. The number of carbonyl (C=O) groups is 1. The van der Waals surface area contributed by atoms with Gasteiger partial charge in [-0.05, 0) is 38.8 Å². The van der Waals surface area contributed by atoms with E-state index in [4.69, 9.17) is 4.74 Å². The molecule has 3 rings (SSSR count). The zero-order chi connectivity index (χ0) is 17.5. The Labute approximate surface area is 142 Å². The summed E-state index contributed by atoms with van der Waals surface area (Å²) < 4.78 is 32.2.